The summed E-state index contributed by atoms with van der Waals surface area (Å²) in [6, 6.07) is 14.3. The molecular formula is C17H20N2O. The molecule has 20 heavy (non-hydrogen) atoms. The summed E-state index contributed by atoms with van der Waals surface area (Å²) < 4.78 is 0. The van der Waals surface area contributed by atoms with E-state index in [-0.39, 0.29) is 6.61 Å². The van der Waals surface area contributed by atoms with Gasteiger partial charge in [-0.25, -0.2) is 0 Å². The van der Waals surface area contributed by atoms with Gasteiger partial charge in [0.2, 0.25) is 0 Å². The summed E-state index contributed by atoms with van der Waals surface area (Å²) in [4.78, 5) is 2.39. The van der Waals surface area contributed by atoms with E-state index in [1.54, 1.807) is 0 Å². The molecule has 104 valence electrons. The third-order valence-corrected chi connectivity index (χ3v) is 3.96. The van der Waals surface area contributed by atoms with E-state index < -0.39 is 0 Å². The van der Waals surface area contributed by atoms with Gasteiger partial charge < -0.3 is 15.7 Å². The molecular weight excluding hydrogens is 248 g/mol. The van der Waals surface area contributed by atoms with Crippen molar-refractivity contribution in [1.29, 1.82) is 0 Å². The smallest absolute Gasteiger partial charge is 0.0681 e. The summed E-state index contributed by atoms with van der Waals surface area (Å²) in [5.41, 5.74) is 11.8. The van der Waals surface area contributed by atoms with Crippen LogP contribution in [0.2, 0.25) is 0 Å². The summed E-state index contributed by atoms with van der Waals surface area (Å²) in [7, 11) is 0. The van der Waals surface area contributed by atoms with Crippen LogP contribution >= 0.6 is 0 Å². The van der Waals surface area contributed by atoms with Crippen molar-refractivity contribution in [1.82, 2.24) is 0 Å². The highest BCUT2D eigenvalue weighted by Gasteiger charge is 2.18. The SMILES string of the molecule is Nc1cccc2c1CCCN2Cc1ccc(CO)cc1. The quantitative estimate of drug-likeness (QED) is 0.842. The minimum absolute atomic E-state index is 0.101. The number of benzene rings is 2. The van der Waals surface area contributed by atoms with Crippen molar-refractivity contribution in [3.8, 4) is 0 Å². The number of nitrogen functional groups attached to an aromatic ring is 1. The lowest BCUT2D eigenvalue weighted by Gasteiger charge is -2.32. The number of anilines is 2. The zero-order chi connectivity index (χ0) is 13.9. The molecule has 0 aliphatic carbocycles. The Bertz CT molecular complexity index is 592. The lowest BCUT2D eigenvalue weighted by molar-refractivity contribution is 0.282. The van der Waals surface area contributed by atoms with E-state index in [9.17, 15) is 0 Å². The van der Waals surface area contributed by atoms with E-state index in [0.717, 1.165) is 37.2 Å². The van der Waals surface area contributed by atoms with Crippen LogP contribution in [-0.4, -0.2) is 11.7 Å². The number of rotatable bonds is 3. The zero-order valence-corrected chi connectivity index (χ0v) is 11.5. The van der Waals surface area contributed by atoms with Crippen molar-refractivity contribution >= 4 is 11.4 Å². The summed E-state index contributed by atoms with van der Waals surface area (Å²) in [6.07, 6.45) is 2.22. The van der Waals surface area contributed by atoms with Crippen LogP contribution in [0.1, 0.15) is 23.1 Å². The maximum Gasteiger partial charge on any atom is 0.0681 e. The average Bonchev–Trinajstić information content (AvgIpc) is 2.49. The van der Waals surface area contributed by atoms with Crippen molar-refractivity contribution in [2.24, 2.45) is 0 Å². The summed E-state index contributed by atoms with van der Waals surface area (Å²) in [5, 5.41) is 9.09. The monoisotopic (exact) mass is 268 g/mol. The second-order valence-electron chi connectivity index (χ2n) is 5.34. The molecule has 0 spiro atoms. The van der Waals surface area contributed by atoms with Crippen molar-refractivity contribution < 1.29 is 5.11 Å². The van der Waals surface area contributed by atoms with Gasteiger partial charge in [0.25, 0.3) is 0 Å². The van der Waals surface area contributed by atoms with E-state index in [4.69, 9.17) is 10.8 Å². The van der Waals surface area contributed by atoms with Crippen LogP contribution < -0.4 is 10.6 Å². The van der Waals surface area contributed by atoms with Crippen molar-refractivity contribution in [2.75, 3.05) is 17.2 Å². The van der Waals surface area contributed by atoms with Crippen LogP contribution in [0.3, 0.4) is 0 Å². The second-order valence-corrected chi connectivity index (χ2v) is 5.34. The lowest BCUT2D eigenvalue weighted by atomic mass is 9.99. The number of hydrogen-bond donors (Lipinski definition) is 2. The van der Waals surface area contributed by atoms with Gasteiger partial charge >= 0.3 is 0 Å². The average molecular weight is 268 g/mol. The number of aliphatic hydroxyl groups is 1. The first-order valence-electron chi connectivity index (χ1n) is 7.09. The minimum Gasteiger partial charge on any atom is -0.398 e. The Morgan fingerprint density at radius 1 is 1.05 bits per heavy atom. The highest BCUT2D eigenvalue weighted by molar-refractivity contribution is 5.66. The molecule has 1 aliphatic heterocycles. The number of nitrogens with two attached hydrogens (primary N) is 1. The van der Waals surface area contributed by atoms with Crippen LogP contribution in [0, 0.1) is 0 Å². The molecule has 0 atom stereocenters. The van der Waals surface area contributed by atoms with Crippen LogP contribution in [0.15, 0.2) is 42.5 Å². The van der Waals surface area contributed by atoms with Gasteiger partial charge in [-0.05, 0) is 41.7 Å². The van der Waals surface area contributed by atoms with Gasteiger partial charge in [-0.15, -0.1) is 0 Å². The molecule has 0 amide bonds. The third-order valence-electron chi connectivity index (χ3n) is 3.96. The maximum atomic E-state index is 9.09. The van der Waals surface area contributed by atoms with Gasteiger partial charge in [0.1, 0.15) is 0 Å². The highest BCUT2D eigenvalue weighted by atomic mass is 16.3. The first-order valence-corrected chi connectivity index (χ1v) is 7.09. The Labute approximate surface area is 119 Å². The molecule has 0 radical (unpaired) electrons. The number of aliphatic hydroxyl groups excluding tert-OH is 1. The first-order chi connectivity index (χ1) is 9.78. The van der Waals surface area contributed by atoms with Crippen molar-refractivity contribution in [2.45, 2.75) is 26.0 Å². The highest BCUT2D eigenvalue weighted by Crippen LogP contribution is 2.32. The molecule has 0 saturated heterocycles. The number of hydrogen-bond acceptors (Lipinski definition) is 3. The minimum atomic E-state index is 0.101. The maximum absolute atomic E-state index is 9.09. The molecule has 2 aromatic rings. The summed E-state index contributed by atoms with van der Waals surface area (Å²) >= 11 is 0. The van der Waals surface area contributed by atoms with Crippen LogP contribution in [0.4, 0.5) is 11.4 Å². The molecule has 0 unspecified atom stereocenters. The van der Waals surface area contributed by atoms with E-state index in [1.165, 1.54) is 16.8 Å². The van der Waals surface area contributed by atoms with Gasteiger partial charge in [0, 0.05) is 24.5 Å². The second kappa shape index (κ2) is 5.55. The van der Waals surface area contributed by atoms with Gasteiger partial charge in [-0.3, -0.25) is 0 Å². The van der Waals surface area contributed by atoms with Gasteiger partial charge in [-0.1, -0.05) is 30.3 Å². The fraction of sp³-hybridized carbons (Fsp3) is 0.294. The largest absolute Gasteiger partial charge is 0.398 e. The molecule has 3 nitrogen and oxygen atoms in total. The molecule has 3 N–H and O–H groups in total. The number of nitrogens with zero attached hydrogens (tertiary/aromatic N) is 1. The molecule has 1 heterocycles. The van der Waals surface area contributed by atoms with Crippen LogP contribution in [0.25, 0.3) is 0 Å². The van der Waals surface area contributed by atoms with Gasteiger partial charge in [0.05, 0.1) is 6.61 Å². The van der Waals surface area contributed by atoms with E-state index in [1.807, 2.05) is 24.3 Å². The van der Waals surface area contributed by atoms with Crippen LogP contribution in [0.5, 0.6) is 0 Å². The Hall–Kier alpha value is -2.00. The fourth-order valence-electron chi connectivity index (χ4n) is 2.86. The van der Waals surface area contributed by atoms with Crippen molar-refractivity contribution in [3.05, 3.63) is 59.2 Å². The number of fused-ring (bicyclic) bond motifs is 1. The summed E-state index contributed by atoms with van der Waals surface area (Å²) in [6.45, 7) is 2.06. The van der Waals surface area contributed by atoms with Gasteiger partial charge in [-0.2, -0.15) is 0 Å². The molecule has 1 aliphatic rings. The molecule has 0 aromatic heterocycles. The van der Waals surface area contributed by atoms with E-state index in [2.05, 4.69) is 23.1 Å². The molecule has 0 fully saturated rings. The molecule has 0 saturated carbocycles. The molecule has 3 heteroatoms. The first kappa shape index (κ1) is 13.0. The summed E-state index contributed by atoms with van der Waals surface area (Å²) in [5.74, 6) is 0. The predicted molar refractivity (Wildman–Crippen MR) is 82.6 cm³/mol. The fourth-order valence-corrected chi connectivity index (χ4v) is 2.86. The Morgan fingerprint density at radius 2 is 1.80 bits per heavy atom. The Balaban J connectivity index is 1.83. The lowest BCUT2D eigenvalue weighted by Crippen LogP contribution is -2.29. The normalized spacial score (nSPS) is 14.2. The predicted octanol–water partition coefficient (Wildman–Crippen LogP) is 2.71. The Kier molecular flexibility index (Phi) is 3.61. The standard InChI is InChI=1S/C17H20N2O/c18-16-4-1-5-17-15(16)3-2-10-19(17)11-13-6-8-14(12-20)9-7-13/h1,4-9,20H,2-3,10-12,18H2. The van der Waals surface area contributed by atoms with E-state index >= 15 is 0 Å². The molecule has 3 rings (SSSR count). The zero-order valence-electron chi connectivity index (χ0n) is 11.5. The molecule has 0 bridgehead atoms. The van der Waals surface area contributed by atoms with Gasteiger partial charge in [0.15, 0.2) is 0 Å². The molecule has 2 aromatic carbocycles. The van der Waals surface area contributed by atoms with Crippen molar-refractivity contribution in [3.63, 3.8) is 0 Å². The Morgan fingerprint density at radius 3 is 2.55 bits per heavy atom. The topological polar surface area (TPSA) is 49.5 Å². The third kappa shape index (κ3) is 2.49. The van der Waals surface area contributed by atoms with Crippen LogP contribution in [-0.2, 0) is 19.6 Å². The van der Waals surface area contributed by atoms with E-state index in [0.29, 0.717) is 0 Å².